The predicted octanol–water partition coefficient (Wildman–Crippen LogP) is 4.70. The maximum Gasteiger partial charge on any atom is 0.407 e. The van der Waals surface area contributed by atoms with Gasteiger partial charge in [-0.25, -0.2) is 9.59 Å². The van der Waals surface area contributed by atoms with E-state index in [2.05, 4.69) is 22.4 Å². The number of carboxylic acids is 1. The smallest absolute Gasteiger partial charge is 0.407 e. The molecule has 6 heteroatoms. The van der Waals surface area contributed by atoms with E-state index in [1.807, 2.05) is 66.9 Å². The Hall–Kier alpha value is -4.06. The molecule has 1 atom stereocenters. The number of carbonyl (C=O) groups excluding carboxylic acids is 1. The number of aliphatic carboxylic acids is 1. The first-order valence-electron chi connectivity index (χ1n) is 10.5. The SMILES string of the molecule is O=C(N[C@@H](Cc1cccc2cc[nH]c12)C(=O)O)OCC1c2ccccc2-c2ccccc21. The first-order valence-corrected chi connectivity index (χ1v) is 10.5. The van der Waals surface area contributed by atoms with Crippen molar-refractivity contribution in [1.29, 1.82) is 0 Å². The molecule has 4 aromatic rings. The Balaban J connectivity index is 1.29. The van der Waals surface area contributed by atoms with Crippen LogP contribution in [-0.2, 0) is 16.0 Å². The minimum atomic E-state index is -1.11. The molecule has 6 nitrogen and oxygen atoms in total. The fourth-order valence-electron chi connectivity index (χ4n) is 4.52. The Morgan fingerprint density at radius 3 is 2.31 bits per heavy atom. The van der Waals surface area contributed by atoms with Gasteiger partial charge >= 0.3 is 12.1 Å². The molecule has 1 heterocycles. The summed E-state index contributed by atoms with van der Waals surface area (Å²) in [6.07, 6.45) is 1.22. The third-order valence-electron chi connectivity index (χ3n) is 6.03. The van der Waals surface area contributed by atoms with Gasteiger partial charge in [-0.05, 0) is 39.3 Å². The molecule has 0 spiro atoms. The number of aromatic nitrogens is 1. The zero-order chi connectivity index (χ0) is 22.1. The van der Waals surface area contributed by atoms with E-state index in [-0.39, 0.29) is 18.9 Å². The Morgan fingerprint density at radius 1 is 0.938 bits per heavy atom. The molecule has 3 N–H and O–H groups in total. The summed E-state index contributed by atoms with van der Waals surface area (Å²) in [5, 5.41) is 13.2. The number of nitrogens with one attached hydrogen (secondary N) is 2. The van der Waals surface area contributed by atoms with Crippen LogP contribution in [0.5, 0.6) is 0 Å². The highest BCUT2D eigenvalue weighted by atomic mass is 16.5. The zero-order valence-corrected chi connectivity index (χ0v) is 17.2. The van der Waals surface area contributed by atoms with Crippen LogP contribution in [0.4, 0.5) is 4.79 Å². The van der Waals surface area contributed by atoms with E-state index in [1.54, 1.807) is 0 Å². The van der Waals surface area contributed by atoms with Crippen LogP contribution < -0.4 is 5.32 Å². The van der Waals surface area contributed by atoms with E-state index in [1.165, 1.54) is 0 Å². The normalized spacial score (nSPS) is 13.4. The first-order chi connectivity index (χ1) is 15.6. The van der Waals surface area contributed by atoms with Crippen molar-refractivity contribution in [1.82, 2.24) is 10.3 Å². The summed E-state index contributed by atoms with van der Waals surface area (Å²) >= 11 is 0. The number of fused-ring (bicyclic) bond motifs is 4. The average molecular weight is 426 g/mol. The fourth-order valence-corrected chi connectivity index (χ4v) is 4.52. The van der Waals surface area contributed by atoms with E-state index in [4.69, 9.17) is 4.74 Å². The number of rotatable bonds is 6. The highest BCUT2D eigenvalue weighted by Gasteiger charge is 2.30. The third kappa shape index (κ3) is 3.60. The number of hydrogen-bond donors (Lipinski definition) is 3. The molecule has 0 saturated heterocycles. The largest absolute Gasteiger partial charge is 0.480 e. The minimum Gasteiger partial charge on any atom is -0.480 e. The van der Waals surface area contributed by atoms with Crippen LogP contribution in [0.2, 0.25) is 0 Å². The molecule has 0 unspecified atom stereocenters. The van der Waals surface area contributed by atoms with Gasteiger partial charge < -0.3 is 20.1 Å². The van der Waals surface area contributed by atoms with Crippen molar-refractivity contribution in [2.24, 2.45) is 0 Å². The molecule has 160 valence electrons. The molecule has 0 bridgehead atoms. The quantitative estimate of drug-likeness (QED) is 0.417. The number of aromatic amines is 1. The van der Waals surface area contributed by atoms with Gasteiger partial charge in [-0.2, -0.15) is 0 Å². The summed E-state index contributed by atoms with van der Waals surface area (Å²) in [5.74, 6) is -1.19. The summed E-state index contributed by atoms with van der Waals surface area (Å²) < 4.78 is 5.51. The molecular weight excluding hydrogens is 404 g/mol. The standard InChI is InChI=1S/C26H22N2O4/c29-25(30)23(14-17-7-5-6-16-12-13-27-24(16)17)28-26(31)32-15-22-20-10-3-1-8-18(20)19-9-2-4-11-21(19)22/h1-13,22-23,27H,14-15H2,(H,28,31)(H,29,30)/t23-/m0/s1. The number of amides is 1. The molecule has 1 amide bonds. The van der Waals surface area contributed by atoms with Gasteiger partial charge in [-0.3, -0.25) is 0 Å². The molecule has 1 aliphatic carbocycles. The third-order valence-corrected chi connectivity index (χ3v) is 6.03. The molecule has 0 fully saturated rings. The predicted molar refractivity (Wildman–Crippen MR) is 122 cm³/mol. The highest BCUT2D eigenvalue weighted by Crippen LogP contribution is 2.44. The monoisotopic (exact) mass is 426 g/mol. The van der Waals surface area contributed by atoms with Gasteiger partial charge in [-0.1, -0.05) is 66.7 Å². The Labute approximate surface area is 184 Å². The topological polar surface area (TPSA) is 91.4 Å². The van der Waals surface area contributed by atoms with Crippen LogP contribution >= 0.6 is 0 Å². The average Bonchev–Trinajstić information content (AvgIpc) is 3.41. The summed E-state index contributed by atoms with van der Waals surface area (Å²) in [6.45, 7) is 0.137. The van der Waals surface area contributed by atoms with Crippen molar-refractivity contribution in [2.75, 3.05) is 6.61 Å². The number of carbonyl (C=O) groups is 2. The molecule has 1 aromatic heterocycles. The Kier molecular flexibility index (Phi) is 5.11. The molecule has 5 rings (SSSR count). The number of H-pyrrole nitrogens is 1. The summed E-state index contributed by atoms with van der Waals surface area (Å²) in [6, 6.07) is 22.6. The lowest BCUT2D eigenvalue weighted by Gasteiger charge is -2.18. The van der Waals surface area contributed by atoms with Gasteiger partial charge in [-0.15, -0.1) is 0 Å². The van der Waals surface area contributed by atoms with E-state index in [9.17, 15) is 14.7 Å². The fraction of sp³-hybridized carbons (Fsp3) is 0.154. The number of ether oxygens (including phenoxy) is 1. The van der Waals surface area contributed by atoms with Gasteiger partial charge in [0, 0.05) is 24.1 Å². The van der Waals surface area contributed by atoms with Gasteiger partial charge in [0.15, 0.2) is 0 Å². The van der Waals surface area contributed by atoms with E-state index in [0.29, 0.717) is 0 Å². The Morgan fingerprint density at radius 2 is 1.62 bits per heavy atom. The van der Waals surface area contributed by atoms with Crippen molar-refractivity contribution < 1.29 is 19.4 Å². The van der Waals surface area contributed by atoms with Crippen molar-refractivity contribution in [3.8, 4) is 11.1 Å². The molecule has 1 aliphatic rings. The highest BCUT2D eigenvalue weighted by molar-refractivity contribution is 5.85. The van der Waals surface area contributed by atoms with Crippen LogP contribution in [0, 0.1) is 0 Å². The number of alkyl carbamates (subject to hydrolysis) is 1. The molecule has 3 aromatic carbocycles. The second kappa shape index (κ2) is 8.23. The molecular formula is C26H22N2O4. The maximum atomic E-state index is 12.5. The lowest BCUT2D eigenvalue weighted by Crippen LogP contribution is -2.43. The number of benzene rings is 3. The van der Waals surface area contributed by atoms with E-state index < -0.39 is 18.1 Å². The van der Waals surface area contributed by atoms with Gasteiger partial charge in [0.05, 0.1) is 0 Å². The first kappa shape index (κ1) is 19.9. The molecule has 0 saturated carbocycles. The van der Waals surface area contributed by atoms with Gasteiger partial charge in [0.25, 0.3) is 0 Å². The summed E-state index contributed by atoms with van der Waals surface area (Å²) in [5.41, 5.74) is 6.18. The molecule has 32 heavy (non-hydrogen) atoms. The second-order valence-corrected chi connectivity index (χ2v) is 7.92. The van der Waals surface area contributed by atoms with Crippen molar-refractivity contribution in [2.45, 2.75) is 18.4 Å². The van der Waals surface area contributed by atoms with Gasteiger partial charge in [0.2, 0.25) is 0 Å². The summed E-state index contributed by atoms with van der Waals surface area (Å²) in [4.78, 5) is 27.5. The zero-order valence-electron chi connectivity index (χ0n) is 17.2. The van der Waals surface area contributed by atoms with Crippen molar-refractivity contribution in [3.63, 3.8) is 0 Å². The van der Waals surface area contributed by atoms with Crippen LogP contribution in [-0.4, -0.2) is 34.8 Å². The van der Waals surface area contributed by atoms with Gasteiger partial charge in [0.1, 0.15) is 12.6 Å². The van der Waals surface area contributed by atoms with Crippen LogP contribution in [0.1, 0.15) is 22.6 Å². The second-order valence-electron chi connectivity index (χ2n) is 7.92. The molecule has 0 radical (unpaired) electrons. The summed E-state index contributed by atoms with van der Waals surface area (Å²) in [7, 11) is 0. The van der Waals surface area contributed by atoms with Crippen molar-refractivity contribution in [3.05, 3.63) is 95.7 Å². The number of hydrogen-bond acceptors (Lipinski definition) is 3. The van der Waals surface area contributed by atoms with Crippen LogP contribution in [0.25, 0.3) is 22.0 Å². The molecule has 0 aliphatic heterocycles. The van der Waals surface area contributed by atoms with Crippen LogP contribution in [0.3, 0.4) is 0 Å². The Bertz CT molecular complexity index is 1260. The minimum absolute atomic E-state index is 0.0795. The lowest BCUT2D eigenvalue weighted by molar-refractivity contribution is -0.139. The van der Waals surface area contributed by atoms with Crippen LogP contribution in [0.15, 0.2) is 79.0 Å². The number of para-hydroxylation sites is 1. The van der Waals surface area contributed by atoms with Crippen molar-refractivity contribution >= 4 is 23.0 Å². The van der Waals surface area contributed by atoms with E-state index >= 15 is 0 Å². The van der Waals surface area contributed by atoms with E-state index in [0.717, 1.165) is 38.7 Å². The number of carboxylic acid groups (broad SMARTS) is 1. The lowest BCUT2D eigenvalue weighted by atomic mass is 9.98. The maximum absolute atomic E-state index is 12.5.